The molecule has 0 aliphatic carbocycles. The first-order valence-corrected chi connectivity index (χ1v) is 8.08. The van der Waals surface area contributed by atoms with Gasteiger partial charge in [0.2, 0.25) is 0 Å². The van der Waals surface area contributed by atoms with Gasteiger partial charge in [0.25, 0.3) is 5.69 Å². The molecule has 1 fully saturated rings. The number of hydrogen-bond donors (Lipinski definition) is 1. The molecule has 0 unspecified atom stereocenters. The van der Waals surface area contributed by atoms with Crippen LogP contribution in [0.2, 0.25) is 0 Å². The second-order valence-corrected chi connectivity index (χ2v) is 6.10. The van der Waals surface area contributed by atoms with E-state index in [0.717, 1.165) is 31.5 Å². The van der Waals surface area contributed by atoms with E-state index in [4.69, 9.17) is 0 Å². The summed E-state index contributed by atoms with van der Waals surface area (Å²) in [6.45, 7) is 2.47. The highest BCUT2D eigenvalue weighted by Crippen LogP contribution is 2.21. The van der Waals surface area contributed by atoms with Gasteiger partial charge >= 0.3 is 0 Å². The van der Waals surface area contributed by atoms with E-state index in [9.17, 15) is 14.5 Å². The Bertz CT molecular complexity index is 715. The van der Waals surface area contributed by atoms with Gasteiger partial charge < -0.3 is 5.32 Å². The molecule has 24 heavy (non-hydrogen) atoms. The van der Waals surface area contributed by atoms with Crippen molar-refractivity contribution >= 4 is 11.4 Å². The summed E-state index contributed by atoms with van der Waals surface area (Å²) in [5, 5.41) is 14.1. The first kappa shape index (κ1) is 16.4. The van der Waals surface area contributed by atoms with Crippen LogP contribution in [-0.2, 0) is 6.54 Å². The quantitative estimate of drug-likeness (QED) is 0.669. The minimum absolute atomic E-state index is 0.128. The zero-order chi connectivity index (χ0) is 16.9. The van der Waals surface area contributed by atoms with E-state index < -0.39 is 0 Å². The molecule has 126 valence electrons. The number of para-hydroxylation sites is 1. The fraction of sp³-hybridized carbons (Fsp3) is 0.333. The number of non-ortho nitro benzene ring substituents is 1. The van der Waals surface area contributed by atoms with Gasteiger partial charge in [0, 0.05) is 37.8 Å². The van der Waals surface area contributed by atoms with Crippen molar-refractivity contribution in [2.45, 2.75) is 25.4 Å². The number of rotatable bonds is 5. The highest BCUT2D eigenvalue weighted by atomic mass is 19.1. The van der Waals surface area contributed by atoms with Crippen molar-refractivity contribution in [2.75, 3.05) is 18.4 Å². The number of piperidine rings is 1. The second-order valence-electron chi connectivity index (χ2n) is 6.10. The molecule has 0 amide bonds. The summed E-state index contributed by atoms with van der Waals surface area (Å²) in [6, 6.07) is 13.7. The largest absolute Gasteiger partial charge is 0.380 e. The lowest BCUT2D eigenvalue weighted by molar-refractivity contribution is -0.384. The molecule has 0 spiro atoms. The van der Waals surface area contributed by atoms with Crippen LogP contribution in [0.25, 0.3) is 0 Å². The highest BCUT2D eigenvalue weighted by Gasteiger charge is 2.20. The normalized spacial score (nSPS) is 16.0. The molecule has 0 radical (unpaired) electrons. The van der Waals surface area contributed by atoms with Crippen molar-refractivity contribution in [3.05, 3.63) is 70.0 Å². The van der Waals surface area contributed by atoms with Crippen LogP contribution in [0.5, 0.6) is 0 Å². The third-order valence-electron chi connectivity index (χ3n) is 4.35. The summed E-state index contributed by atoms with van der Waals surface area (Å²) in [6.07, 6.45) is 1.84. The minimum atomic E-state index is -0.367. The van der Waals surface area contributed by atoms with Gasteiger partial charge in [-0.15, -0.1) is 0 Å². The van der Waals surface area contributed by atoms with Crippen molar-refractivity contribution in [3.63, 3.8) is 0 Å². The Hall–Kier alpha value is -2.47. The number of nitrogens with one attached hydrogen (secondary N) is 1. The van der Waals surface area contributed by atoms with E-state index in [-0.39, 0.29) is 22.5 Å². The average molecular weight is 329 g/mol. The molecule has 0 bridgehead atoms. The third-order valence-corrected chi connectivity index (χ3v) is 4.35. The predicted molar refractivity (Wildman–Crippen MR) is 91.4 cm³/mol. The van der Waals surface area contributed by atoms with Crippen LogP contribution in [0.3, 0.4) is 0 Å². The van der Waals surface area contributed by atoms with Crippen molar-refractivity contribution in [1.82, 2.24) is 4.90 Å². The lowest BCUT2D eigenvalue weighted by Gasteiger charge is -2.32. The van der Waals surface area contributed by atoms with Crippen molar-refractivity contribution < 1.29 is 9.31 Å². The van der Waals surface area contributed by atoms with Gasteiger partial charge in [-0.25, -0.2) is 4.39 Å². The van der Waals surface area contributed by atoms with Crippen LogP contribution in [0.15, 0.2) is 48.5 Å². The topological polar surface area (TPSA) is 58.4 Å². The van der Waals surface area contributed by atoms with Crippen LogP contribution in [0.4, 0.5) is 15.8 Å². The summed E-state index contributed by atoms with van der Waals surface area (Å²) < 4.78 is 13.7. The lowest BCUT2D eigenvalue weighted by atomic mass is 10.0. The van der Waals surface area contributed by atoms with E-state index in [1.807, 2.05) is 12.1 Å². The van der Waals surface area contributed by atoms with Gasteiger partial charge in [0.05, 0.1) is 10.6 Å². The molecule has 1 aliphatic heterocycles. The number of likely N-dealkylation sites (tertiary alicyclic amines) is 1. The molecule has 6 heteroatoms. The monoisotopic (exact) mass is 329 g/mol. The third kappa shape index (κ3) is 4.08. The van der Waals surface area contributed by atoms with E-state index in [2.05, 4.69) is 10.2 Å². The Labute approximate surface area is 140 Å². The maximum atomic E-state index is 13.7. The zero-order valence-corrected chi connectivity index (χ0v) is 13.3. The standard InChI is InChI=1S/C18H20FN3O2/c19-17-6-1-2-7-18(17)20-15-8-10-21(11-9-15)13-14-4-3-5-16(12-14)22(23)24/h1-7,12,15,20H,8-11,13H2. The molecule has 0 aromatic heterocycles. The highest BCUT2D eigenvalue weighted by molar-refractivity contribution is 5.45. The molecule has 1 saturated heterocycles. The SMILES string of the molecule is O=[N+]([O-])c1cccc(CN2CCC(Nc3ccccc3F)CC2)c1. The van der Waals surface area contributed by atoms with Gasteiger partial charge in [-0.2, -0.15) is 0 Å². The minimum Gasteiger partial charge on any atom is -0.380 e. The predicted octanol–water partition coefficient (Wildman–Crippen LogP) is 3.81. The van der Waals surface area contributed by atoms with Crippen molar-refractivity contribution in [2.24, 2.45) is 0 Å². The molecule has 3 rings (SSSR count). The molecule has 1 aliphatic rings. The van der Waals surface area contributed by atoms with Gasteiger partial charge in [0.1, 0.15) is 5.82 Å². The Kier molecular flexibility index (Phi) is 5.05. The number of benzene rings is 2. The second kappa shape index (κ2) is 7.40. The molecule has 1 N–H and O–H groups in total. The Morgan fingerprint density at radius 3 is 2.62 bits per heavy atom. The summed E-state index contributed by atoms with van der Waals surface area (Å²) in [4.78, 5) is 12.8. The number of halogens is 1. The van der Waals surface area contributed by atoms with E-state index in [0.29, 0.717) is 12.2 Å². The molecule has 0 atom stereocenters. The summed E-state index contributed by atoms with van der Waals surface area (Å²) in [5.41, 5.74) is 1.63. The molecular formula is C18H20FN3O2. The number of hydrogen-bond acceptors (Lipinski definition) is 4. The fourth-order valence-corrected chi connectivity index (χ4v) is 3.06. The average Bonchev–Trinajstić information content (AvgIpc) is 2.59. The molecule has 1 heterocycles. The maximum absolute atomic E-state index is 13.7. The van der Waals surface area contributed by atoms with Crippen LogP contribution < -0.4 is 5.32 Å². The molecule has 5 nitrogen and oxygen atoms in total. The Morgan fingerprint density at radius 2 is 1.92 bits per heavy atom. The van der Waals surface area contributed by atoms with E-state index in [1.54, 1.807) is 24.3 Å². The van der Waals surface area contributed by atoms with Gasteiger partial charge in [-0.3, -0.25) is 15.0 Å². The van der Waals surface area contributed by atoms with Gasteiger partial charge in [-0.05, 0) is 30.5 Å². The molecular weight excluding hydrogens is 309 g/mol. The zero-order valence-electron chi connectivity index (χ0n) is 13.3. The van der Waals surface area contributed by atoms with Crippen LogP contribution in [0, 0.1) is 15.9 Å². The van der Waals surface area contributed by atoms with Crippen LogP contribution >= 0.6 is 0 Å². The molecule has 0 saturated carbocycles. The number of nitrogens with zero attached hydrogens (tertiary/aromatic N) is 2. The van der Waals surface area contributed by atoms with Crippen LogP contribution in [0.1, 0.15) is 18.4 Å². The molecule has 2 aromatic rings. The smallest absolute Gasteiger partial charge is 0.269 e. The Balaban J connectivity index is 1.53. The number of anilines is 1. The van der Waals surface area contributed by atoms with E-state index in [1.165, 1.54) is 12.1 Å². The van der Waals surface area contributed by atoms with Crippen molar-refractivity contribution in [1.29, 1.82) is 0 Å². The van der Waals surface area contributed by atoms with Gasteiger partial charge in [0.15, 0.2) is 0 Å². The lowest BCUT2D eigenvalue weighted by Crippen LogP contribution is -2.38. The summed E-state index contributed by atoms with van der Waals surface area (Å²) >= 11 is 0. The number of nitro benzene ring substituents is 1. The van der Waals surface area contributed by atoms with E-state index >= 15 is 0 Å². The van der Waals surface area contributed by atoms with Crippen molar-refractivity contribution in [3.8, 4) is 0 Å². The van der Waals surface area contributed by atoms with Crippen LogP contribution in [-0.4, -0.2) is 29.0 Å². The Morgan fingerprint density at radius 1 is 1.17 bits per heavy atom. The first-order chi connectivity index (χ1) is 11.6. The molecule has 2 aromatic carbocycles. The summed E-state index contributed by atoms with van der Waals surface area (Å²) in [5.74, 6) is -0.225. The maximum Gasteiger partial charge on any atom is 0.269 e. The first-order valence-electron chi connectivity index (χ1n) is 8.08. The van der Waals surface area contributed by atoms with Gasteiger partial charge in [-0.1, -0.05) is 24.3 Å². The fourth-order valence-electron chi connectivity index (χ4n) is 3.06. The number of nitro groups is 1. The summed E-state index contributed by atoms with van der Waals surface area (Å²) in [7, 11) is 0.